The molecule has 2 N–H and O–H groups in total. The summed E-state index contributed by atoms with van der Waals surface area (Å²) in [5.41, 5.74) is 0. The van der Waals surface area contributed by atoms with E-state index in [0.717, 1.165) is 19.5 Å². The van der Waals surface area contributed by atoms with E-state index >= 15 is 0 Å². The van der Waals surface area contributed by atoms with Crippen LogP contribution >= 0.6 is 0 Å². The first-order chi connectivity index (χ1) is 7.72. The van der Waals surface area contributed by atoms with Crippen LogP contribution in [0.5, 0.6) is 0 Å². The van der Waals surface area contributed by atoms with E-state index in [1.807, 2.05) is 0 Å². The lowest BCUT2D eigenvalue weighted by molar-refractivity contribution is 0.108. The van der Waals surface area contributed by atoms with E-state index in [1.54, 1.807) is 6.92 Å². The predicted molar refractivity (Wildman–Crippen MR) is 65.5 cm³/mol. The molecule has 0 spiro atoms. The number of aliphatic hydroxyl groups is 2. The van der Waals surface area contributed by atoms with Crippen LogP contribution in [0.2, 0.25) is 0 Å². The Bertz CT molecular complexity index is 170. The van der Waals surface area contributed by atoms with Crippen molar-refractivity contribution in [1.82, 2.24) is 9.80 Å². The molecule has 1 unspecified atom stereocenters. The van der Waals surface area contributed by atoms with Gasteiger partial charge in [-0.3, -0.25) is 4.90 Å². The molecular formula is C12H26N2O2. The largest absolute Gasteiger partial charge is 0.395 e. The van der Waals surface area contributed by atoms with E-state index in [4.69, 9.17) is 5.11 Å². The monoisotopic (exact) mass is 230 g/mol. The van der Waals surface area contributed by atoms with Crippen molar-refractivity contribution in [3.63, 3.8) is 0 Å². The van der Waals surface area contributed by atoms with Crippen molar-refractivity contribution in [2.45, 2.75) is 32.3 Å². The summed E-state index contributed by atoms with van der Waals surface area (Å²) in [5.74, 6) is 0. The maximum atomic E-state index is 9.33. The topological polar surface area (TPSA) is 46.9 Å². The minimum atomic E-state index is -0.307. The smallest absolute Gasteiger partial charge is 0.0639 e. The first-order valence-corrected chi connectivity index (χ1v) is 6.46. The quantitative estimate of drug-likeness (QED) is 0.623. The zero-order chi connectivity index (χ0) is 11.8. The first kappa shape index (κ1) is 13.9. The summed E-state index contributed by atoms with van der Waals surface area (Å²) in [5, 5.41) is 18.3. The van der Waals surface area contributed by atoms with Gasteiger partial charge in [0.25, 0.3) is 0 Å². The Kier molecular flexibility index (Phi) is 6.96. The number of nitrogens with zero attached hydrogens (tertiary/aromatic N) is 2. The Morgan fingerprint density at radius 1 is 1.25 bits per heavy atom. The van der Waals surface area contributed by atoms with Crippen LogP contribution in [0.25, 0.3) is 0 Å². The Balaban J connectivity index is 2.10. The average Bonchev–Trinajstić information content (AvgIpc) is 2.70. The third-order valence-corrected chi connectivity index (χ3v) is 3.09. The van der Waals surface area contributed by atoms with Gasteiger partial charge in [0.1, 0.15) is 0 Å². The van der Waals surface area contributed by atoms with Gasteiger partial charge in [0, 0.05) is 13.1 Å². The lowest BCUT2D eigenvalue weighted by atomic mass is 10.3. The standard InChI is InChI=1S/C12H26N2O2/c1-12(16)11-14(9-10-15)8-4-7-13-5-2-3-6-13/h12,15-16H,2-11H2,1H3. The van der Waals surface area contributed by atoms with Gasteiger partial charge in [-0.25, -0.2) is 0 Å². The van der Waals surface area contributed by atoms with Gasteiger partial charge in [0.15, 0.2) is 0 Å². The molecule has 0 radical (unpaired) electrons. The van der Waals surface area contributed by atoms with Crippen LogP contribution in [-0.2, 0) is 0 Å². The minimum absolute atomic E-state index is 0.177. The molecule has 0 amide bonds. The van der Waals surface area contributed by atoms with Crippen molar-refractivity contribution in [3.05, 3.63) is 0 Å². The summed E-state index contributed by atoms with van der Waals surface area (Å²) in [6, 6.07) is 0. The maximum absolute atomic E-state index is 9.33. The highest BCUT2D eigenvalue weighted by molar-refractivity contribution is 4.68. The summed E-state index contributed by atoms with van der Waals surface area (Å²) < 4.78 is 0. The third-order valence-electron chi connectivity index (χ3n) is 3.09. The second-order valence-electron chi connectivity index (χ2n) is 4.78. The van der Waals surface area contributed by atoms with E-state index < -0.39 is 0 Å². The second kappa shape index (κ2) is 8.01. The van der Waals surface area contributed by atoms with Crippen molar-refractivity contribution in [2.24, 2.45) is 0 Å². The van der Waals surface area contributed by atoms with Gasteiger partial charge in [-0.2, -0.15) is 0 Å². The Morgan fingerprint density at radius 3 is 2.50 bits per heavy atom. The second-order valence-corrected chi connectivity index (χ2v) is 4.78. The number of likely N-dealkylation sites (tertiary alicyclic amines) is 1. The minimum Gasteiger partial charge on any atom is -0.395 e. The highest BCUT2D eigenvalue weighted by Crippen LogP contribution is 2.07. The average molecular weight is 230 g/mol. The summed E-state index contributed by atoms with van der Waals surface area (Å²) >= 11 is 0. The molecule has 1 aliphatic heterocycles. The summed E-state index contributed by atoms with van der Waals surface area (Å²) in [4.78, 5) is 4.64. The molecule has 0 aliphatic carbocycles. The lowest BCUT2D eigenvalue weighted by Gasteiger charge is -2.24. The molecule has 0 aromatic rings. The molecule has 1 saturated heterocycles. The van der Waals surface area contributed by atoms with Crippen molar-refractivity contribution in [3.8, 4) is 0 Å². The van der Waals surface area contributed by atoms with Crippen LogP contribution in [0.3, 0.4) is 0 Å². The fourth-order valence-electron chi connectivity index (χ4n) is 2.33. The van der Waals surface area contributed by atoms with Crippen LogP contribution in [0.1, 0.15) is 26.2 Å². The molecule has 1 rings (SSSR count). The van der Waals surface area contributed by atoms with Crippen molar-refractivity contribution in [2.75, 3.05) is 45.9 Å². The van der Waals surface area contributed by atoms with Gasteiger partial charge in [0.2, 0.25) is 0 Å². The van der Waals surface area contributed by atoms with E-state index in [-0.39, 0.29) is 12.7 Å². The van der Waals surface area contributed by atoms with Gasteiger partial charge in [0.05, 0.1) is 12.7 Å². The van der Waals surface area contributed by atoms with Crippen molar-refractivity contribution < 1.29 is 10.2 Å². The highest BCUT2D eigenvalue weighted by Gasteiger charge is 2.12. The van der Waals surface area contributed by atoms with Gasteiger partial charge in [-0.1, -0.05) is 0 Å². The number of rotatable bonds is 8. The summed E-state index contributed by atoms with van der Waals surface area (Å²) in [6.07, 6.45) is 3.51. The fraction of sp³-hybridized carbons (Fsp3) is 1.00. The van der Waals surface area contributed by atoms with Crippen LogP contribution in [0.4, 0.5) is 0 Å². The van der Waals surface area contributed by atoms with E-state index in [0.29, 0.717) is 13.1 Å². The molecule has 0 saturated carbocycles. The molecule has 1 fully saturated rings. The molecule has 0 bridgehead atoms. The van der Waals surface area contributed by atoms with Crippen molar-refractivity contribution >= 4 is 0 Å². The van der Waals surface area contributed by atoms with E-state index in [9.17, 15) is 5.11 Å². The molecule has 4 nitrogen and oxygen atoms in total. The van der Waals surface area contributed by atoms with E-state index in [1.165, 1.54) is 25.9 Å². The molecule has 4 heteroatoms. The van der Waals surface area contributed by atoms with Gasteiger partial charge in [-0.05, 0) is 52.4 Å². The normalized spacial score (nSPS) is 19.5. The zero-order valence-electron chi connectivity index (χ0n) is 10.4. The number of hydrogen-bond donors (Lipinski definition) is 2. The molecule has 96 valence electrons. The Morgan fingerprint density at radius 2 is 1.94 bits per heavy atom. The Hall–Kier alpha value is -0.160. The fourth-order valence-corrected chi connectivity index (χ4v) is 2.33. The predicted octanol–water partition coefficient (Wildman–Crippen LogP) is 0.147. The molecule has 16 heavy (non-hydrogen) atoms. The Labute approximate surface area is 98.9 Å². The zero-order valence-corrected chi connectivity index (χ0v) is 10.4. The molecular weight excluding hydrogens is 204 g/mol. The van der Waals surface area contributed by atoms with Gasteiger partial charge < -0.3 is 15.1 Å². The van der Waals surface area contributed by atoms with Gasteiger partial charge in [-0.15, -0.1) is 0 Å². The summed E-state index contributed by atoms with van der Waals surface area (Å²) in [7, 11) is 0. The molecule has 1 aliphatic rings. The lowest BCUT2D eigenvalue weighted by Crippen LogP contribution is -2.35. The van der Waals surface area contributed by atoms with Gasteiger partial charge >= 0.3 is 0 Å². The van der Waals surface area contributed by atoms with Crippen molar-refractivity contribution in [1.29, 1.82) is 0 Å². The first-order valence-electron chi connectivity index (χ1n) is 6.46. The SMILES string of the molecule is CC(O)CN(CCO)CCCN1CCCC1. The third kappa shape index (κ3) is 5.80. The molecule has 0 aromatic heterocycles. The van der Waals surface area contributed by atoms with Crippen LogP contribution in [0, 0.1) is 0 Å². The summed E-state index contributed by atoms with van der Waals surface area (Å²) in [6.45, 7) is 7.93. The van der Waals surface area contributed by atoms with E-state index in [2.05, 4.69) is 9.80 Å². The van der Waals surface area contributed by atoms with Crippen LogP contribution in [0.15, 0.2) is 0 Å². The van der Waals surface area contributed by atoms with Crippen LogP contribution < -0.4 is 0 Å². The van der Waals surface area contributed by atoms with Crippen LogP contribution in [-0.4, -0.2) is 72.0 Å². The molecule has 0 aromatic carbocycles. The molecule has 1 atom stereocenters. The number of hydrogen-bond acceptors (Lipinski definition) is 4. The highest BCUT2D eigenvalue weighted by atomic mass is 16.3. The maximum Gasteiger partial charge on any atom is 0.0639 e. The molecule has 1 heterocycles. The number of aliphatic hydroxyl groups excluding tert-OH is 2.